The van der Waals surface area contributed by atoms with Gasteiger partial charge < -0.3 is 24.5 Å². The summed E-state index contributed by atoms with van der Waals surface area (Å²) >= 11 is 0. The average molecular weight is 538 g/mol. The molecule has 0 radical (unpaired) electrons. The maximum Gasteiger partial charge on any atom is 0.202 e. The number of H-pyrrole nitrogens is 1. The molecule has 0 aliphatic carbocycles. The van der Waals surface area contributed by atoms with Crippen molar-refractivity contribution >= 4 is 16.9 Å². The molecule has 3 N–H and O–H groups in total. The first kappa shape index (κ1) is 25.4. The molecular weight excluding hydrogens is 498 g/mol. The van der Waals surface area contributed by atoms with E-state index in [-0.39, 0.29) is 17.1 Å². The van der Waals surface area contributed by atoms with Crippen LogP contribution in [0.4, 0.5) is 0 Å². The minimum absolute atomic E-state index is 0.0169. The Morgan fingerprint density at radius 1 is 1.07 bits per heavy atom. The molecular formula is C33H39N5O2. The van der Waals surface area contributed by atoms with Gasteiger partial charge in [0.1, 0.15) is 5.82 Å². The number of nitrogens with zero attached hydrogens (tertiary/aromatic N) is 3. The molecule has 3 aliphatic heterocycles. The normalized spacial score (nSPS) is 25.9. The summed E-state index contributed by atoms with van der Waals surface area (Å²) in [5.41, 5.74) is 4.31. The van der Waals surface area contributed by atoms with Crippen LogP contribution in [0.15, 0.2) is 60.7 Å². The summed E-state index contributed by atoms with van der Waals surface area (Å²) in [6.45, 7) is 4.81. The molecule has 3 fully saturated rings. The standard InChI is InChI=1S/C33H38N5O2/c1-23-35-29-9-5-6-10-31(29)38(23)27-19-25-11-12-26(20-27)37(25)18-15-33(24-7-3-2-4-8-24)13-16-36(17-14-33)32(40)30-21-28(39)22-34-30/h2-10,21,25-27,34,39H,11-20H2,1H3/q-1/p+1. The Kier molecular flexibility index (Phi) is 6.42. The van der Waals surface area contributed by atoms with Crippen molar-refractivity contribution in [3.05, 3.63) is 83.9 Å². The van der Waals surface area contributed by atoms with Gasteiger partial charge in [0.2, 0.25) is 5.91 Å². The van der Waals surface area contributed by atoms with Gasteiger partial charge in [-0.3, -0.25) is 4.79 Å². The lowest BCUT2D eigenvalue weighted by molar-refractivity contribution is -0.942. The van der Waals surface area contributed by atoms with Gasteiger partial charge in [-0.1, -0.05) is 48.7 Å². The van der Waals surface area contributed by atoms with Crippen LogP contribution >= 0.6 is 0 Å². The Labute approximate surface area is 235 Å². The quantitative estimate of drug-likeness (QED) is 0.323. The van der Waals surface area contributed by atoms with E-state index in [1.807, 2.05) is 9.80 Å². The van der Waals surface area contributed by atoms with Crippen LogP contribution in [-0.2, 0) is 5.41 Å². The molecule has 3 saturated heterocycles. The molecule has 0 saturated carbocycles. The number of aryl methyl sites for hydroxylation is 1. The highest BCUT2D eigenvalue weighted by atomic mass is 16.3. The van der Waals surface area contributed by atoms with Crippen molar-refractivity contribution in [2.45, 2.75) is 75.4 Å². The van der Waals surface area contributed by atoms with E-state index in [9.17, 15) is 9.90 Å². The zero-order chi connectivity index (χ0) is 27.3. The van der Waals surface area contributed by atoms with Gasteiger partial charge in [-0.25, -0.2) is 4.98 Å². The summed E-state index contributed by atoms with van der Waals surface area (Å²) < 4.78 is 2.53. The number of quaternary nitrogens is 1. The van der Waals surface area contributed by atoms with Crippen LogP contribution in [0.5, 0.6) is 5.75 Å². The Morgan fingerprint density at radius 3 is 2.48 bits per heavy atom. The summed E-state index contributed by atoms with van der Waals surface area (Å²) in [7, 11) is 0. The molecule has 40 heavy (non-hydrogen) atoms. The molecule has 2 unspecified atom stereocenters. The van der Waals surface area contributed by atoms with Crippen LogP contribution < -0.4 is 4.90 Å². The van der Waals surface area contributed by atoms with Crippen LogP contribution in [0.3, 0.4) is 0 Å². The predicted molar refractivity (Wildman–Crippen MR) is 155 cm³/mol. The number of aromatic hydroxyl groups is 1. The van der Waals surface area contributed by atoms with Crippen LogP contribution in [0.2, 0.25) is 0 Å². The number of amides is 1. The number of aromatic nitrogens is 3. The number of nitrogens with one attached hydrogen (secondary N) is 2. The highest BCUT2D eigenvalue weighted by Crippen LogP contribution is 2.40. The molecule has 1 amide bonds. The Bertz CT molecular complexity index is 1490. The number of aromatic amines is 1. The van der Waals surface area contributed by atoms with Crippen molar-refractivity contribution in [3.8, 4) is 5.75 Å². The number of rotatable bonds is 6. The molecule has 0 spiro atoms. The van der Waals surface area contributed by atoms with Crippen LogP contribution in [-0.4, -0.2) is 62.2 Å². The molecule has 7 nitrogen and oxygen atoms in total. The van der Waals surface area contributed by atoms with Gasteiger partial charge in [-0.15, -0.1) is 6.07 Å². The number of piperidine rings is 2. The van der Waals surface area contributed by atoms with Gasteiger partial charge >= 0.3 is 0 Å². The molecule has 7 rings (SSSR count). The molecule has 208 valence electrons. The molecule has 2 aromatic carbocycles. The zero-order valence-electron chi connectivity index (χ0n) is 23.3. The van der Waals surface area contributed by atoms with Gasteiger partial charge in [0.15, 0.2) is 0 Å². The lowest BCUT2D eigenvalue weighted by Gasteiger charge is -2.44. The van der Waals surface area contributed by atoms with Crippen LogP contribution in [0.1, 0.15) is 72.9 Å². The highest BCUT2D eigenvalue weighted by molar-refractivity contribution is 5.93. The molecule has 5 heterocycles. The maximum atomic E-state index is 13.0. The first-order valence-electron chi connectivity index (χ1n) is 14.9. The lowest BCUT2D eigenvalue weighted by Crippen LogP contribution is -3.18. The second-order valence-corrected chi connectivity index (χ2v) is 12.3. The number of likely N-dealkylation sites (tertiary alicyclic amines) is 1. The summed E-state index contributed by atoms with van der Waals surface area (Å²) in [6.07, 6.45) is 10.8. The number of carbonyl (C=O) groups excluding carboxylic acids is 1. The zero-order valence-corrected chi connectivity index (χ0v) is 23.3. The fourth-order valence-electron chi connectivity index (χ4n) is 8.26. The van der Waals surface area contributed by atoms with Gasteiger partial charge in [-0.05, 0) is 43.2 Å². The first-order chi connectivity index (χ1) is 19.5. The van der Waals surface area contributed by atoms with Gasteiger partial charge in [0, 0.05) is 62.4 Å². The van der Waals surface area contributed by atoms with Crippen molar-refractivity contribution < 1.29 is 14.8 Å². The number of para-hydroxylation sites is 2. The van der Waals surface area contributed by atoms with Crippen molar-refractivity contribution in [2.75, 3.05) is 19.6 Å². The Morgan fingerprint density at radius 2 is 1.77 bits per heavy atom. The average Bonchev–Trinajstić information content (AvgIpc) is 3.64. The number of imidazole rings is 1. The lowest BCUT2D eigenvalue weighted by atomic mass is 9.70. The minimum Gasteiger partial charge on any atom is -0.533 e. The number of benzene rings is 2. The van der Waals surface area contributed by atoms with E-state index >= 15 is 0 Å². The fraction of sp³-hybridized carbons (Fsp3) is 0.455. The van der Waals surface area contributed by atoms with E-state index in [0.717, 1.165) is 43.7 Å². The molecule has 2 bridgehead atoms. The molecule has 4 aromatic rings. The monoisotopic (exact) mass is 537 g/mol. The SMILES string of the molecule is Cc1nc2ccccc2n1C1CC2CCC(C1)[NH+]2CCC1(c2ccccc2)CCN(C(=O)c2cc(O)[c-][nH]2)CC1. The first-order valence-corrected chi connectivity index (χ1v) is 14.9. The predicted octanol–water partition coefficient (Wildman–Crippen LogP) is 4.19. The van der Waals surface area contributed by atoms with Gasteiger partial charge in [0.25, 0.3) is 0 Å². The second kappa shape index (κ2) is 10.1. The summed E-state index contributed by atoms with van der Waals surface area (Å²) in [4.78, 5) is 24.4. The highest BCUT2D eigenvalue weighted by Gasteiger charge is 2.47. The Balaban J connectivity index is 1.06. The van der Waals surface area contributed by atoms with E-state index in [2.05, 4.69) is 77.3 Å². The summed E-state index contributed by atoms with van der Waals surface area (Å²) in [6, 6.07) is 23.0. The fourth-order valence-corrected chi connectivity index (χ4v) is 8.26. The molecule has 3 aliphatic rings. The number of hydrogen-bond acceptors (Lipinski definition) is 3. The van der Waals surface area contributed by atoms with E-state index in [0.29, 0.717) is 23.8 Å². The third-order valence-electron chi connectivity index (χ3n) is 10.3. The van der Waals surface area contributed by atoms with Gasteiger partial charge in [-0.2, -0.15) is 0 Å². The summed E-state index contributed by atoms with van der Waals surface area (Å²) in [5, 5.41) is 9.64. The summed E-state index contributed by atoms with van der Waals surface area (Å²) in [5.74, 6) is 1.08. The van der Waals surface area contributed by atoms with Crippen LogP contribution in [0, 0.1) is 13.1 Å². The van der Waals surface area contributed by atoms with Crippen molar-refractivity contribution in [3.63, 3.8) is 0 Å². The van der Waals surface area contributed by atoms with Crippen molar-refractivity contribution in [1.29, 1.82) is 0 Å². The molecule has 2 atom stereocenters. The third-order valence-corrected chi connectivity index (χ3v) is 10.3. The second-order valence-electron chi connectivity index (χ2n) is 12.3. The van der Waals surface area contributed by atoms with E-state index in [1.165, 1.54) is 49.4 Å². The van der Waals surface area contributed by atoms with Crippen molar-refractivity contribution in [1.82, 2.24) is 19.4 Å². The molecule has 2 aromatic heterocycles. The van der Waals surface area contributed by atoms with E-state index < -0.39 is 0 Å². The topological polar surface area (TPSA) is 78.6 Å². The Hall–Kier alpha value is -3.58. The third kappa shape index (κ3) is 4.40. The molecule has 7 heteroatoms. The number of fused-ring (bicyclic) bond motifs is 3. The number of carbonyl (C=O) groups is 1. The van der Waals surface area contributed by atoms with Crippen LogP contribution in [0.25, 0.3) is 11.0 Å². The van der Waals surface area contributed by atoms with E-state index in [1.54, 1.807) is 0 Å². The number of hydrogen-bond donors (Lipinski definition) is 3. The minimum atomic E-state index is -0.0497. The van der Waals surface area contributed by atoms with E-state index in [4.69, 9.17) is 4.98 Å². The van der Waals surface area contributed by atoms with Gasteiger partial charge in [0.05, 0.1) is 29.7 Å². The smallest absolute Gasteiger partial charge is 0.202 e. The maximum absolute atomic E-state index is 13.0. The van der Waals surface area contributed by atoms with Crippen molar-refractivity contribution in [2.24, 2.45) is 0 Å². The largest absolute Gasteiger partial charge is 0.533 e.